The number of amides is 2. The highest BCUT2D eigenvalue weighted by molar-refractivity contribution is 6.00. The number of carboxylic acids is 1. The standard InChI is InChI=1S/C13H14N2O4/c1-8(16)14-10-3-2-4-11(6-10)15-7-9(13(18)19)5-12(15)17/h2-4,6,9H,5,7H2,1H3,(H,14,16)(H,18,19)/t9-/m1/s1. The highest BCUT2D eigenvalue weighted by Gasteiger charge is 2.35. The highest BCUT2D eigenvalue weighted by Crippen LogP contribution is 2.27. The minimum atomic E-state index is -0.964. The predicted molar refractivity (Wildman–Crippen MR) is 68.8 cm³/mol. The van der Waals surface area contributed by atoms with Crippen LogP contribution in [0.2, 0.25) is 0 Å². The maximum atomic E-state index is 11.8. The molecule has 1 aliphatic rings. The van der Waals surface area contributed by atoms with Gasteiger partial charge in [0.15, 0.2) is 0 Å². The van der Waals surface area contributed by atoms with Crippen LogP contribution in [0.25, 0.3) is 0 Å². The van der Waals surface area contributed by atoms with Crippen molar-refractivity contribution in [1.82, 2.24) is 0 Å². The van der Waals surface area contributed by atoms with Gasteiger partial charge >= 0.3 is 5.97 Å². The number of nitrogens with one attached hydrogen (secondary N) is 1. The first-order chi connectivity index (χ1) is 8.97. The fraction of sp³-hybridized carbons (Fsp3) is 0.308. The number of benzene rings is 1. The number of carbonyl (C=O) groups excluding carboxylic acids is 2. The second-order valence-corrected chi connectivity index (χ2v) is 4.48. The SMILES string of the molecule is CC(=O)Nc1cccc(N2C[C@H](C(=O)O)CC2=O)c1. The van der Waals surface area contributed by atoms with Crippen molar-refractivity contribution >= 4 is 29.2 Å². The summed E-state index contributed by atoms with van der Waals surface area (Å²) in [6.45, 7) is 1.56. The Hall–Kier alpha value is -2.37. The molecule has 0 radical (unpaired) electrons. The van der Waals surface area contributed by atoms with Crippen LogP contribution in [0.1, 0.15) is 13.3 Å². The summed E-state index contributed by atoms with van der Waals surface area (Å²) >= 11 is 0. The number of anilines is 2. The van der Waals surface area contributed by atoms with Crippen molar-refractivity contribution in [3.63, 3.8) is 0 Å². The third-order valence-electron chi connectivity index (χ3n) is 2.95. The zero-order chi connectivity index (χ0) is 14.0. The molecule has 2 amide bonds. The summed E-state index contributed by atoms with van der Waals surface area (Å²) in [7, 11) is 0. The largest absolute Gasteiger partial charge is 0.481 e. The summed E-state index contributed by atoms with van der Waals surface area (Å²) in [5.41, 5.74) is 1.18. The quantitative estimate of drug-likeness (QED) is 0.853. The van der Waals surface area contributed by atoms with E-state index >= 15 is 0 Å². The van der Waals surface area contributed by atoms with E-state index in [1.165, 1.54) is 11.8 Å². The molecule has 0 unspecified atom stereocenters. The van der Waals surface area contributed by atoms with Crippen molar-refractivity contribution < 1.29 is 19.5 Å². The molecule has 6 nitrogen and oxygen atoms in total. The van der Waals surface area contributed by atoms with Gasteiger partial charge in [-0.25, -0.2) is 0 Å². The van der Waals surface area contributed by atoms with Crippen LogP contribution in [-0.2, 0) is 14.4 Å². The van der Waals surface area contributed by atoms with E-state index < -0.39 is 11.9 Å². The molecule has 2 N–H and O–H groups in total. The minimum Gasteiger partial charge on any atom is -0.481 e. The highest BCUT2D eigenvalue weighted by atomic mass is 16.4. The lowest BCUT2D eigenvalue weighted by Crippen LogP contribution is -2.25. The number of aliphatic carboxylic acids is 1. The second kappa shape index (κ2) is 5.09. The summed E-state index contributed by atoms with van der Waals surface area (Å²) in [5, 5.41) is 11.6. The summed E-state index contributed by atoms with van der Waals surface area (Å²) in [4.78, 5) is 35.1. The number of carboxylic acid groups (broad SMARTS) is 1. The fourth-order valence-electron chi connectivity index (χ4n) is 2.08. The third-order valence-corrected chi connectivity index (χ3v) is 2.95. The first-order valence-electron chi connectivity index (χ1n) is 5.88. The molecule has 1 fully saturated rings. The Kier molecular flexibility index (Phi) is 3.50. The summed E-state index contributed by atoms with van der Waals surface area (Å²) < 4.78 is 0. The summed E-state index contributed by atoms with van der Waals surface area (Å²) in [6, 6.07) is 6.79. The number of rotatable bonds is 3. The van der Waals surface area contributed by atoms with E-state index in [1.807, 2.05) is 0 Å². The zero-order valence-corrected chi connectivity index (χ0v) is 10.4. The molecule has 0 bridgehead atoms. The van der Waals surface area contributed by atoms with E-state index in [2.05, 4.69) is 5.32 Å². The van der Waals surface area contributed by atoms with E-state index in [4.69, 9.17) is 5.11 Å². The number of hydrogen-bond acceptors (Lipinski definition) is 3. The Labute approximate surface area is 110 Å². The number of hydrogen-bond donors (Lipinski definition) is 2. The van der Waals surface area contributed by atoms with Crippen LogP contribution < -0.4 is 10.2 Å². The lowest BCUT2D eigenvalue weighted by atomic mass is 10.1. The lowest BCUT2D eigenvalue weighted by molar-refractivity contribution is -0.141. The predicted octanol–water partition coefficient (Wildman–Crippen LogP) is 1.08. The fourth-order valence-corrected chi connectivity index (χ4v) is 2.08. The van der Waals surface area contributed by atoms with Gasteiger partial charge in [-0.1, -0.05) is 6.07 Å². The van der Waals surface area contributed by atoms with Crippen molar-refractivity contribution in [2.45, 2.75) is 13.3 Å². The second-order valence-electron chi connectivity index (χ2n) is 4.48. The molecule has 0 spiro atoms. The molecular weight excluding hydrogens is 248 g/mol. The Morgan fingerprint density at radius 3 is 2.74 bits per heavy atom. The van der Waals surface area contributed by atoms with Gasteiger partial charge in [-0.15, -0.1) is 0 Å². The molecule has 0 aliphatic carbocycles. The van der Waals surface area contributed by atoms with Crippen molar-refractivity contribution in [2.75, 3.05) is 16.8 Å². The molecule has 1 saturated heterocycles. The first-order valence-corrected chi connectivity index (χ1v) is 5.88. The third kappa shape index (κ3) is 2.90. The monoisotopic (exact) mass is 262 g/mol. The molecule has 1 aliphatic heterocycles. The topological polar surface area (TPSA) is 86.7 Å². The van der Waals surface area contributed by atoms with Crippen molar-refractivity contribution in [1.29, 1.82) is 0 Å². The van der Waals surface area contributed by atoms with Crippen LogP contribution in [0.5, 0.6) is 0 Å². The molecule has 1 aromatic carbocycles. The molecule has 1 atom stereocenters. The minimum absolute atomic E-state index is 0.0136. The molecule has 1 aromatic rings. The van der Waals surface area contributed by atoms with Crippen LogP contribution in [-0.4, -0.2) is 29.4 Å². The van der Waals surface area contributed by atoms with Crippen molar-refractivity contribution in [3.8, 4) is 0 Å². The normalized spacial score (nSPS) is 18.5. The molecule has 0 saturated carbocycles. The lowest BCUT2D eigenvalue weighted by Gasteiger charge is -2.17. The van der Waals surface area contributed by atoms with Crippen molar-refractivity contribution in [2.24, 2.45) is 5.92 Å². The van der Waals surface area contributed by atoms with Crippen molar-refractivity contribution in [3.05, 3.63) is 24.3 Å². The van der Waals surface area contributed by atoms with E-state index in [-0.39, 0.29) is 24.8 Å². The summed E-state index contributed by atoms with van der Waals surface area (Å²) in [5.74, 6) is -2.05. The van der Waals surface area contributed by atoms with E-state index in [1.54, 1.807) is 24.3 Å². The van der Waals surface area contributed by atoms with Crippen LogP contribution in [0.15, 0.2) is 24.3 Å². The number of nitrogens with zero attached hydrogens (tertiary/aromatic N) is 1. The zero-order valence-electron chi connectivity index (χ0n) is 10.4. The Balaban J connectivity index is 2.20. The average Bonchev–Trinajstić information content (AvgIpc) is 2.71. The van der Waals surface area contributed by atoms with E-state index in [0.29, 0.717) is 11.4 Å². The van der Waals surface area contributed by atoms with Crippen LogP contribution in [0, 0.1) is 5.92 Å². The molecule has 100 valence electrons. The van der Waals surface area contributed by atoms with E-state index in [9.17, 15) is 14.4 Å². The van der Waals surface area contributed by atoms with Gasteiger partial charge in [0, 0.05) is 31.3 Å². The molecular formula is C13H14N2O4. The first kappa shape index (κ1) is 13.1. The number of carbonyl (C=O) groups is 3. The van der Waals surface area contributed by atoms with Gasteiger partial charge in [0.2, 0.25) is 11.8 Å². The van der Waals surface area contributed by atoms with Gasteiger partial charge in [0.05, 0.1) is 5.92 Å². The van der Waals surface area contributed by atoms with Gasteiger partial charge in [0.1, 0.15) is 0 Å². The Morgan fingerprint density at radius 2 is 2.16 bits per heavy atom. The smallest absolute Gasteiger partial charge is 0.308 e. The van der Waals surface area contributed by atoms with E-state index in [0.717, 1.165) is 0 Å². The average molecular weight is 262 g/mol. The molecule has 2 rings (SSSR count). The van der Waals surface area contributed by atoms with Crippen LogP contribution in [0.3, 0.4) is 0 Å². The molecule has 1 heterocycles. The Morgan fingerprint density at radius 1 is 1.42 bits per heavy atom. The van der Waals surface area contributed by atoms with Gasteiger partial charge in [-0.05, 0) is 18.2 Å². The van der Waals surface area contributed by atoms with Gasteiger partial charge in [-0.3, -0.25) is 14.4 Å². The maximum absolute atomic E-state index is 11.8. The van der Waals surface area contributed by atoms with Gasteiger partial charge in [0.25, 0.3) is 0 Å². The molecule has 19 heavy (non-hydrogen) atoms. The summed E-state index contributed by atoms with van der Waals surface area (Å²) in [6.07, 6.45) is 0.0136. The van der Waals surface area contributed by atoms with Crippen LogP contribution >= 0.6 is 0 Å². The molecule has 6 heteroatoms. The van der Waals surface area contributed by atoms with Gasteiger partial charge < -0.3 is 15.3 Å². The van der Waals surface area contributed by atoms with Gasteiger partial charge in [-0.2, -0.15) is 0 Å². The Bertz CT molecular complexity index is 541. The van der Waals surface area contributed by atoms with Crippen LogP contribution in [0.4, 0.5) is 11.4 Å². The molecule has 0 aromatic heterocycles. The maximum Gasteiger partial charge on any atom is 0.308 e.